The lowest BCUT2D eigenvalue weighted by molar-refractivity contribution is 0.00767. The number of hydrogen-bond acceptors (Lipinski definition) is 6. The monoisotopic (exact) mass is 530 g/mol. The van der Waals surface area contributed by atoms with Crippen molar-refractivity contribution in [2.45, 2.75) is 17.6 Å². The van der Waals surface area contributed by atoms with Gasteiger partial charge in [-0.05, 0) is 47.5 Å². The van der Waals surface area contributed by atoms with E-state index in [1.54, 1.807) is 31.4 Å². The molecule has 3 aromatic carbocycles. The van der Waals surface area contributed by atoms with Gasteiger partial charge in [-0.25, -0.2) is 8.42 Å². The van der Waals surface area contributed by atoms with Crippen LogP contribution < -0.4 is 9.47 Å². The lowest BCUT2D eigenvalue weighted by Crippen LogP contribution is -2.49. The molecule has 1 heterocycles. The van der Waals surface area contributed by atoms with Gasteiger partial charge in [0.1, 0.15) is 11.5 Å². The number of rotatable bonds is 10. The third kappa shape index (κ3) is 6.57. The number of ether oxygens (including phenoxy) is 3. The van der Waals surface area contributed by atoms with Crippen molar-refractivity contribution < 1.29 is 22.6 Å². The molecule has 0 amide bonds. The number of nitrogens with zero attached hydrogens (tertiary/aromatic N) is 2. The molecule has 1 aliphatic heterocycles. The van der Waals surface area contributed by atoms with Crippen molar-refractivity contribution >= 4 is 21.6 Å². The quantitative estimate of drug-likeness (QED) is 0.381. The first-order valence-corrected chi connectivity index (χ1v) is 13.6. The molecule has 1 saturated heterocycles. The van der Waals surface area contributed by atoms with Crippen molar-refractivity contribution in [1.82, 2.24) is 9.21 Å². The molecule has 0 unspecified atom stereocenters. The summed E-state index contributed by atoms with van der Waals surface area (Å²) in [7, 11) is -0.418. The van der Waals surface area contributed by atoms with E-state index in [1.807, 2.05) is 48.5 Å². The summed E-state index contributed by atoms with van der Waals surface area (Å²) in [5.41, 5.74) is 2.04. The largest absolute Gasteiger partial charge is 0.497 e. The molecule has 4 rings (SSSR count). The highest BCUT2D eigenvalue weighted by molar-refractivity contribution is 7.89. The molecule has 1 aliphatic rings. The van der Waals surface area contributed by atoms with Crippen LogP contribution in [0.4, 0.5) is 0 Å². The van der Waals surface area contributed by atoms with E-state index in [2.05, 4.69) is 4.90 Å². The predicted octanol–water partition coefficient (Wildman–Crippen LogP) is 4.62. The zero-order chi connectivity index (χ0) is 25.5. The predicted molar refractivity (Wildman–Crippen MR) is 140 cm³/mol. The van der Waals surface area contributed by atoms with Gasteiger partial charge in [0, 0.05) is 43.8 Å². The lowest BCUT2D eigenvalue weighted by Gasteiger charge is -2.36. The Morgan fingerprint density at radius 3 is 2.17 bits per heavy atom. The molecule has 0 aromatic heterocycles. The van der Waals surface area contributed by atoms with Crippen LogP contribution in [0.3, 0.4) is 0 Å². The molecule has 1 fully saturated rings. The van der Waals surface area contributed by atoms with Gasteiger partial charge < -0.3 is 14.2 Å². The van der Waals surface area contributed by atoms with E-state index < -0.39 is 10.0 Å². The second-order valence-electron chi connectivity index (χ2n) is 8.59. The number of benzene rings is 3. The Balaban J connectivity index is 1.42. The third-order valence-corrected chi connectivity index (χ3v) is 8.41. The van der Waals surface area contributed by atoms with E-state index in [4.69, 9.17) is 25.8 Å². The molecular formula is C27H31ClN2O5S. The van der Waals surface area contributed by atoms with Gasteiger partial charge >= 0.3 is 0 Å². The zero-order valence-electron chi connectivity index (χ0n) is 20.5. The van der Waals surface area contributed by atoms with Crippen LogP contribution in [0.5, 0.6) is 11.5 Å². The van der Waals surface area contributed by atoms with Gasteiger partial charge in [0.05, 0.1) is 31.8 Å². The summed E-state index contributed by atoms with van der Waals surface area (Å²) >= 11 is 6.11. The van der Waals surface area contributed by atoms with Gasteiger partial charge in [-0.3, -0.25) is 4.90 Å². The standard InChI is InChI=1S/C27H31ClN2O5S/c1-33-24-6-3-5-21(17-24)20-35-27(22-9-11-23(28)12-10-22)19-29-13-15-30(16-14-29)36(31,32)26-8-4-7-25(18-26)34-2/h3-12,17-18,27H,13-16,19-20H2,1-2H3/t27-/m0/s1. The van der Waals surface area contributed by atoms with E-state index >= 15 is 0 Å². The molecule has 3 aromatic rings. The summed E-state index contributed by atoms with van der Waals surface area (Å²) in [5.74, 6) is 1.31. The summed E-state index contributed by atoms with van der Waals surface area (Å²) < 4.78 is 44.7. The maximum atomic E-state index is 13.2. The first-order valence-electron chi connectivity index (χ1n) is 11.8. The molecule has 0 radical (unpaired) electrons. The van der Waals surface area contributed by atoms with E-state index in [0.717, 1.165) is 16.9 Å². The fourth-order valence-electron chi connectivity index (χ4n) is 4.19. The zero-order valence-corrected chi connectivity index (χ0v) is 22.0. The molecule has 0 saturated carbocycles. The Labute approximate surface area is 218 Å². The van der Waals surface area contributed by atoms with E-state index in [-0.39, 0.29) is 11.0 Å². The van der Waals surface area contributed by atoms with Crippen LogP contribution in [0, 0.1) is 0 Å². The van der Waals surface area contributed by atoms with Crippen molar-refractivity contribution in [2.24, 2.45) is 0 Å². The van der Waals surface area contributed by atoms with Gasteiger partial charge in [0.25, 0.3) is 0 Å². The summed E-state index contributed by atoms with van der Waals surface area (Å²) in [6.07, 6.45) is -0.199. The average molecular weight is 531 g/mol. The highest BCUT2D eigenvalue weighted by Gasteiger charge is 2.30. The van der Waals surface area contributed by atoms with Crippen LogP contribution in [-0.4, -0.2) is 64.6 Å². The number of methoxy groups -OCH3 is 2. The Morgan fingerprint density at radius 1 is 0.861 bits per heavy atom. The van der Waals surface area contributed by atoms with Crippen LogP contribution in [-0.2, 0) is 21.4 Å². The van der Waals surface area contributed by atoms with Crippen molar-refractivity contribution in [2.75, 3.05) is 46.9 Å². The van der Waals surface area contributed by atoms with Crippen LogP contribution in [0.25, 0.3) is 0 Å². The molecular weight excluding hydrogens is 500 g/mol. The van der Waals surface area contributed by atoms with E-state index in [1.165, 1.54) is 11.4 Å². The Morgan fingerprint density at radius 2 is 1.50 bits per heavy atom. The Kier molecular flexibility index (Phi) is 8.87. The Bertz CT molecular complexity index is 1250. The van der Waals surface area contributed by atoms with Gasteiger partial charge in [-0.1, -0.05) is 41.9 Å². The summed E-state index contributed by atoms with van der Waals surface area (Å²) in [5, 5.41) is 0.668. The average Bonchev–Trinajstić information content (AvgIpc) is 2.92. The van der Waals surface area contributed by atoms with E-state index in [0.29, 0.717) is 50.1 Å². The van der Waals surface area contributed by atoms with Crippen LogP contribution in [0.15, 0.2) is 77.7 Å². The number of hydrogen-bond donors (Lipinski definition) is 0. The minimum absolute atomic E-state index is 0.199. The smallest absolute Gasteiger partial charge is 0.243 e. The molecule has 0 bridgehead atoms. The summed E-state index contributed by atoms with van der Waals surface area (Å²) in [4.78, 5) is 2.48. The molecule has 0 N–H and O–H groups in total. The molecule has 0 aliphatic carbocycles. The number of piperazine rings is 1. The highest BCUT2D eigenvalue weighted by atomic mass is 35.5. The van der Waals surface area contributed by atoms with Gasteiger partial charge in [-0.15, -0.1) is 0 Å². The van der Waals surface area contributed by atoms with E-state index in [9.17, 15) is 8.42 Å². The minimum Gasteiger partial charge on any atom is -0.497 e. The van der Waals surface area contributed by atoms with Crippen molar-refractivity contribution in [3.05, 3.63) is 88.9 Å². The van der Waals surface area contributed by atoms with Crippen LogP contribution in [0.1, 0.15) is 17.2 Å². The second-order valence-corrected chi connectivity index (χ2v) is 11.0. The maximum Gasteiger partial charge on any atom is 0.243 e. The van der Waals surface area contributed by atoms with Crippen LogP contribution in [0.2, 0.25) is 5.02 Å². The van der Waals surface area contributed by atoms with Crippen LogP contribution >= 0.6 is 11.6 Å². The lowest BCUT2D eigenvalue weighted by atomic mass is 10.1. The SMILES string of the molecule is COc1cccc(CO[C@@H](CN2CCN(S(=O)(=O)c3cccc(OC)c3)CC2)c2ccc(Cl)cc2)c1. The van der Waals surface area contributed by atoms with Crippen molar-refractivity contribution in [1.29, 1.82) is 0 Å². The Hall–Kier alpha value is -2.62. The fraction of sp³-hybridized carbons (Fsp3) is 0.333. The normalized spacial score (nSPS) is 16.0. The maximum absolute atomic E-state index is 13.2. The summed E-state index contributed by atoms with van der Waals surface area (Å²) in [6, 6.07) is 22.1. The van der Waals surface area contributed by atoms with Crippen molar-refractivity contribution in [3.8, 4) is 11.5 Å². The number of sulfonamides is 1. The van der Waals surface area contributed by atoms with Gasteiger partial charge in [-0.2, -0.15) is 4.31 Å². The van der Waals surface area contributed by atoms with Gasteiger partial charge in [0.15, 0.2) is 0 Å². The molecule has 9 heteroatoms. The third-order valence-electron chi connectivity index (χ3n) is 6.26. The first kappa shape index (κ1) is 26.4. The molecule has 36 heavy (non-hydrogen) atoms. The topological polar surface area (TPSA) is 68.3 Å². The second kappa shape index (κ2) is 12.1. The molecule has 192 valence electrons. The molecule has 7 nitrogen and oxygen atoms in total. The van der Waals surface area contributed by atoms with Gasteiger partial charge in [0.2, 0.25) is 10.0 Å². The minimum atomic E-state index is -3.59. The van der Waals surface area contributed by atoms with Crippen molar-refractivity contribution in [3.63, 3.8) is 0 Å². The molecule has 0 spiro atoms. The molecule has 1 atom stereocenters. The first-order chi connectivity index (χ1) is 17.4. The number of halogens is 1. The fourth-order valence-corrected chi connectivity index (χ4v) is 5.77. The summed E-state index contributed by atoms with van der Waals surface area (Å²) in [6.45, 7) is 3.09. The highest BCUT2D eigenvalue weighted by Crippen LogP contribution is 2.26.